The van der Waals surface area contributed by atoms with Gasteiger partial charge in [-0.2, -0.15) is 0 Å². The van der Waals surface area contributed by atoms with Gasteiger partial charge in [0.2, 0.25) is 0 Å². The zero-order valence-corrected chi connectivity index (χ0v) is 12.0. The van der Waals surface area contributed by atoms with Gasteiger partial charge >= 0.3 is 0 Å². The van der Waals surface area contributed by atoms with E-state index in [4.69, 9.17) is 10.4 Å². The van der Waals surface area contributed by atoms with Gasteiger partial charge in [0.05, 0.1) is 11.4 Å². The zero-order chi connectivity index (χ0) is 14.1. The Morgan fingerprint density at radius 1 is 1.40 bits per heavy atom. The van der Waals surface area contributed by atoms with Crippen LogP contribution >= 0.6 is 0 Å². The SMILES string of the molecule is CC(C)N1CCC(CNc2ccc(N)c3nonc23)C1. The summed E-state index contributed by atoms with van der Waals surface area (Å²) < 4.78 is 4.78. The van der Waals surface area contributed by atoms with Gasteiger partial charge in [-0.25, -0.2) is 4.63 Å². The van der Waals surface area contributed by atoms with Crippen LogP contribution in [0.5, 0.6) is 0 Å². The fourth-order valence-corrected chi connectivity index (χ4v) is 2.78. The molecule has 1 aliphatic rings. The molecule has 1 aromatic heterocycles. The van der Waals surface area contributed by atoms with Crippen LogP contribution in [0.1, 0.15) is 20.3 Å². The summed E-state index contributed by atoms with van der Waals surface area (Å²) in [5, 5.41) is 11.2. The molecule has 3 rings (SSSR count). The molecule has 0 amide bonds. The van der Waals surface area contributed by atoms with Crippen LogP contribution in [-0.2, 0) is 0 Å². The molecule has 108 valence electrons. The van der Waals surface area contributed by atoms with Crippen molar-refractivity contribution in [3.05, 3.63) is 12.1 Å². The van der Waals surface area contributed by atoms with E-state index in [0.717, 1.165) is 18.8 Å². The van der Waals surface area contributed by atoms with Crippen LogP contribution in [0.4, 0.5) is 11.4 Å². The Morgan fingerprint density at radius 3 is 2.95 bits per heavy atom. The molecule has 2 aromatic rings. The van der Waals surface area contributed by atoms with Crippen molar-refractivity contribution in [1.82, 2.24) is 15.2 Å². The lowest BCUT2D eigenvalue weighted by Crippen LogP contribution is -2.29. The number of hydrogen-bond acceptors (Lipinski definition) is 6. The van der Waals surface area contributed by atoms with Crippen LogP contribution < -0.4 is 11.1 Å². The van der Waals surface area contributed by atoms with Crippen LogP contribution in [0.25, 0.3) is 11.0 Å². The van der Waals surface area contributed by atoms with E-state index in [9.17, 15) is 0 Å². The van der Waals surface area contributed by atoms with Gasteiger partial charge < -0.3 is 16.0 Å². The Balaban J connectivity index is 1.66. The van der Waals surface area contributed by atoms with Gasteiger partial charge in [-0.1, -0.05) is 0 Å². The van der Waals surface area contributed by atoms with Crippen LogP contribution in [0, 0.1) is 5.92 Å². The quantitative estimate of drug-likeness (QED) is 0.830. The summed E-state index contributed by atoms with van der Waals surface area (Å²) in [6.07, 6.45) is 1.24. The predicted octanol–water partition coefficient (Wildman–Crippen LogP) is 1.95. The Labute approximate surface area is 118 Å². The maximum absolute atomic E-state index is 5.84. The third-order valence-corrected chi connectivity index (χ3v) is 4.08. The second-order valence-corrected chi connectivity index (χ2v) is 5.79. The van der Waals surface area contributed by atoms with Crippen molar-refractivity contribution >= 4 is 22.4 Å². The average molecular weight is 275 g/mol. The first-order chi connectivity index (χ1) is 9.65. The van der Waals surface area contributed by atoms with E-state index in [2.05, 4.69) is 34.4 Å². The summed E-state index contributed by atoms with van der Waals surface area (Å²) in [4.78, 5) is 2.52. The smallest absolute Gasteiger partial charge is 0.160 e. The molecule has 1 saturated heterocycles. The summed E-state index contributed by atoms with van der Waals surface area (Å²) >= 11 is 0. The molecule has 6 heteroatoms. The minimum Gasteiger partial charge on any atom is -0.397 e. The monoisotopic (exact) mass is 275 g/mol. The number of hydrogen-bond donors (Lipinski definition) is 2. The lowest BCUT2D eigenvalue weighted by molar-refractivity contribution is 0.266. The Hall–Kier alpha value is -1.82. The molecule has 1 atom stereocenters. The van der Waals surface area contributed by atoms with E-state index >= 15 is 0 Å². The van der Waals surface area contributed by atoms with Gasteiger partial charge in [0.1, 0.15) is 0 Å². The largest absolute Gasteiger partial charge is 0.397 e. The van der Waals surface area contributed by atoms with Crippen LogP contribution in [0.15, 0.2) is 16.8 Å². The molecule has 0 bridgehead atoms. The number of nitrogens with two attached hydrogens (primary N) is 1. The number of fused-ring (bicyclic) bond motifs is 1. The molecule has 0 radical (unpaired) electrons. The van der Waals surface area contributed by atoms with Crippen LogP contribution in [-0.4, -0.2) is 40.9 Å². The third kappa shape index (κ3) is 2.43. The number of nitrogens with zero attached hydrogens (tertiary/aromatic N) is 3. The normalized spacial score (nSPS) is 20.1. The van der Waals surface area contributed by atoms with E-state index in [-0.39, 0.29) is 0 Å². The molecule has 6 nitrogen and oxygen atoms in total. The highest BCUT2D eigenvalue weighted by atomic mass is 16.6. The molecule has 0 aliphatic carbocycles. The van der Waals surface area contributed by atoms with Crippen LogP contribution in [0.3, 0.4) is 0 Å². The molecule has 3 N–H and O–H groups in total. The van der Waals surface area contributed by atoms with Gasteiger partial charge in [-0.3, -0.25) is 0 Å². The summed E-state index contributed by atoms with van der Waals surface area (Å²) in [5.41, 5.74) is 8.72. The van der Waals surface area contributed by atoms with Gasteiger partial charge in [-0.05, 0) is 55.2 Å². The number of likely N-dealkylation sites (tertiary alicyclic amines) is 1. The molecule has 1 aromatic carbocycles. The maximum Gasteiger partial charge on any atom is 0.160 e. The molecule has 1 unspecified atom stereocenters. The first-order valence-electron chi connectivity index (χ1n) is 7.14. The van der Waals surface area contributed by atoms with E-state index in [1.807, 2.05) is 12.1 Å². The predicted molar refractivity (Wildman–Crippen MR) is 79.5 cm³/mol. The fourth-order valence-electron chi connectivity index (χ4n) is 2.78. The van der Waals surface area contributed by atoms with Crippen molar-refractivity contribution in [3.63, 3.8) is 0 Å². The average Bonchev–Trinajstić information content (AvgIpc) is 3.07. The van der Waals surface area contributed by atoms with Crippen molar-refractivity contribution in [2.75, 3.05) is 30.7 Å². The van der Waals surface area contributed by atoms with E-state index < -0.39 is 0 Å². The summed E-state index contributed by atoms with van der Waals surface area (Å²) in [5.74, 6) is 0.671. The van der Waals surface area contributed by atoms with Gasteiger partial charge in [-0.15, -0.1) is 0 Å². The number of benzene rings is 1. The van der Waals surface area contributed by atoms with Gasteiger partial charge in [0.15, 0.2) is 11.0 Å². The molecule has 1 fully saturated rings. The molecule has 0 saturated carbocycles. The standard InChI is InChI=1S/C14H21N5O/c1-9(2)19-6-5-10(8-19)7-16-12-4-3-11(15)13-14(12)18-20-17-13/h3-4,9-10,16H,5-8,15H2,1-2H3. The minimum atomic E-state index is 0.596. The first-order valence-corrected chi connectivity index (χ1v) is 7.14. The molecular weight excluding hydrogens is 254 g/mol. The van der Waals surface area contributed by atoms with Gasteiger partial charge in [0.25, 0.3) is 0 Å². The van der Waals surface area contributed by atoms with Crippen LogP contribution in [0.2, 0.25) is 0 Å². The summed E-state index contributed by atoms with van der Waals surface area (Å²) in [6, 6.07) is 4.41. The van der Waals surface area contributed by atoms with Crippen molar-refractivity contribution in [3.8, 4) is 0 Å². The molecule has 20 heavy (non-hydrogen) atoms. The number of nitrogen functional groups attached to an aromatic ring is 1. The van der Waals surface area contributed by atoms with Crippen molar-refractivity contribution in [2.45, 2.75) is 26.3 Å². The number of rotatable bonds is 4. The second kappa shape index (κ2) is 5.28. The van der Waals surface area contributed by atoms with Crippen molar-refractivity contribution < 1.29 is 4.63 Å². The second-order valence-electron chi connectivity index (χ2n) is 5.79. The Bertz CT molecular complexity index is 594. The zero-order valence-electron chi connectivity index (χ0n) is 12.0. The van der Waals surface area contributed by atoms with Gasteiger partial charge in [0, 0.05) is 19.1 Å². The van der Waals surface area contributed by atoms with Crippen molar-refractivity contribution in [2.24, 2.45) is 5.92 Å². The molecule has 0 spiro atoms. The maximum atomic E-state index is 5.84. The Morgan fingerprint density at radius 2 is 2.20 bits per heavy atom. The highest BCUT2D eigenvalue weighted by molar-refractivity contribution is 5.94. The third-order valence-electron chi connectivity index (χ3n) is 4.08. The molecule has 2 heterocycles. The first kappa shape index (κ1) is 13.2. The Kier molecular flexibility index (Phi) is 3.48. The highest BCUT2D eigenvalue weighted by Crippen LogP contribution is 2.26. The topological polar surface area (TPSA) is 80.2 Å². The lowest BCUT2D eigenvalue weighted by Gasteiger charge is -2.20. The molecule has 1 aliphatic heterocycles. The fraction of sp³-hybridized carbons (Fsp3) is 0.571. The summed E-state index contributed by atoms with van der Waals surface area (Å²) in [7, 11) is 0. The highest BCUT2D eigenvalue weighted by Gasteiger charge is 2.24. The van der Waals surface area contributed by atoms with Crippen molar-refractivity contribution in [1.29, 1.82) is 0 Å². The minimum absolute atomic E-state index is 0.596. The van der Waals surface area contributed by atoms with E-state index in [1.165, 1.54) is 13.0 Å². The number of nitrogens with one attached hydrogen (secondary N) is 1. The summed E-state index contributed by atoms with van der Waals surface area (Å²) in [6.45, 7) is 7.78. The van der Waals surface area contributed by atoms with E-state index in [0.29, 0.717) is 28.7 Å². The lowest BCUT2D eigenvalue weighted by atomic mass is 10.1. The molecular formula is C14H21N5O. The number of aromatic nitrogens is 2. The number of anilines is 2. The van der Waals surface area contributed by atoms with E-state index in [1.54, 1.807) is 0 Å².